The molecule has 1 fully saturated rings. The van der Waals surface area contributed by atoms with Crippen molar-refractivity contribution in [1.82, 2.24) is 15.1 Å². The molecule has 0 bridgehead atoms. The normalized spacial score (nSPS) is 15.4. The van der Waals surface area contributed by atoms with Gasteiger partial charge in [-0.05, 0) is 80.3 Å². The molecule has 4 aromatic rings. The van der Waals surface area contributed by atoms with Gasteiger partial charge < -0.3 is 24.4 Å². The van der Waals surface area contributed by atoms with Gasteiger partial charge in [0.15, 0.2) is 21.3 Å². The van der Waals surface area contributed by atoms with Crippen molar-refractivity contribution in [2.75, 3.05) is 38.5 Å². The fraction of sp³-hybridized carbons (Fsp3) is 0.333. The van der Waals surface area contributed by atoms with Crippen LogP contribution in [0.4, 0.5) is 16.2 Å². The van der Waals surface area contributed by atoms with Crippen molar-refractivity contribution in [2.45, 2.75) is 48.9 Å². The zero-order valence-corrected chi connectivity index (χ0v) is 27.5. The molecule has 0 saturated carbocycles. The first-order chi connectivity index (χ1) is 22.5. The number of aromatic amines is 1. The molecule has 3 N–H and O–H groups in total. The maximum absolute atomic E-state index is 14.7. The number of ether oxygens (including phenoxy) is 3. The summed E-state index contributed by atoms with van der Waals surface area (Å²) in [4.78, 5) is 41.0. The van der Waals surface area contributed by atoms with Gasteiger partial charge in [0.1, 0.15) is 6.04 Å². The molecule has 2 amide bonds. The first kappa shape index (κ1) is 33.3. The smallest absolute Gasteiger partial charge is 0.411 e. The molecule has 13 nitrogen and oxygen atoms in total. The molecule has 1 saturated heterocycles. The first-order valence-electron chi connectivity index (χ1n) is 15.0. The Balaban J connectivity index is 1.61. The number of likely N-dealkylation sites (tertiary alicyclic amines) is 1. The number of H-pyrrole nitrogens is 1. The number of carbonyl (C=O) groups excluding carboxylic acids is 2. The molecule has 2 atom stereocenters. The molecule has 14 heteroatoms. The summed E-state index contributed by atoms with van der Waals surface area (Å²) in [7, 11) is 0.471. The van der Waals surface area contributed by atoms with Crippen LogP contribution in [0, 0.1) is 0 Å². The number of hydrogen-bond acceptors (Lipinski definition) is 10. The monoisotopic (exact) mass is 663 g/mol. The molecule has 0 spiro atoms. The Morgan fingerprint density at radius 1 is 0.979 bits per heavy atom. The van der Waals surface area contributed by atoms with E-state index in [1.165, 1.54) is 39.7 Å². The van der Waals surface area contributed by atoms with Crippen molar-refractivity contribution >= 4 is 44.0 Å². The third-order valence-corrected chi connectivity index (χ3v) is 10.5. The highest BCUT2D eigenvalue weighted by molar-refractivity contribution is 7.92. The molecule has 47 heavy (non-hydrogen) atoms. The van der Waals surface area contributed by atoms with E-state index in [1.54, 1.807) is 61.2 Å². The number of fused-ring (bicyclic) bond motifs is 1. The van der Waals surface area contributed by atoms with Gasteiger partial charge in [0.05, 0.1) is 49.1 Å². The van der Waals surface area contributed by atoms with Crippen molar-refractivity contribution in [3.05, 3.63) is 82.3 Å². The van der Waals surface area contributed by atoms with E-state index < -0.39 is 33.3 Å². The second-order valence-corrected chi connectivity index (χ2v) is 13.8. The van der Waals surface area contributed by atoms with E-state index in [2.05, 4.69) is 20.8 Å². The maximum Gasteiger partial charge on any atom is 0.411 e. The van der Waals surface area contributed by atoms with Crippen molar-refractivity contribution in [1.29, 1.82) is 0 Å². The molecule has 0 aliphatic carbocycles. The van der Waals surface area contributed by atoms with Gasteiger partial charge in [-0.3, -0.25) is 14.9 Å². The standard InChI is InChI=1S/C33H37N5O8S/c1-19(2)47(42,43)29-13-11-23(36-33(41)46-5)17-25(29)26-7-6-14-38(26)32(40)30(20-9-12-27(44-3)28(15-20)45-4)35-22-10-8-21-18-34-37-31(39)24(21)16-22/h8-13,15-19,26,30,35H,6-7,14H2,1-5H3,(H,36,41)(H,37,39)/t26-,30-/m1/s1. The third-order valence-electron chi connectivity index (χ3n) is 8.23. The molecule has 1 aromatic heterocycles. The SMILES string of the molecule is COC(=O)Nc1ccc(S(=O)(=O)C(C)C)c([C@H]2CCCN2C(=O)[C@H](Nc2ccc3cn[nH]c(=O)c3c2)c2ccc(OC)c(OC)c2)c1. The van der Waals surface area contributed by atoms with Crippen LogP contribution < -0.4 is 25.7 Å². The van der Waals surface area contributed by atoms with Gasteiger partial charge in [0.2, 0.25) is 5.91 Å². The van der Waals surface area contributed by atoms with Crippen LogP contribution in [0.3, 0.4) is 0 Å². The van der Waals surface area contributed by atoms with Crippen molar-refractivity contribution < 1.29 is 32.2 Å². The highest BCUT2D eigenvalue weighted by Crippen LogP contribution is 2.41. The van der Waals surface area contributed by atoms with E-state index in [4.69, 9.17) is 14.2 Å². The lowest BCUT2D eigenvalue weighted by Gasteiger charge is -2.32. The highest BCUT2D eigenvalue weighted by atomic mass is 32.2. The summed E-state index contributed by atoms with van der Waals surface area (Å²) < 4.78 is 42.8. The van der Waals surface area contributed by atoms with Crippen LogP contribution in [0.25, 0.3) is 10.8 Å². The van der Waals surface area contributed by atoms with Crippen LogP contribution in [-0.4, -0.2) is 68.6 Å². The van der Waals surface area contributed by atoms with Crippen molar-refractivity contribution in [3.63, 3.8) is 0 Å². The summed E-state index contributed by atoms with van der Waals surface area (Å²) >= 11 is 0. The molecule has 248 valence electrons. The van der Waals surface area contributed by atoms with Crippen LogP contribution >= 0.6 is 0 Å². The number of amides is 2. The molecule has 0 unspecified atom stereocenters. The average molecular weight is 664 g/mol. The number of benzene rings is 3. The minimum Gasteiger partial charge on any atom is -0.493 e. The Kier molecular flexibility index (Phi) is 9.70. The van der Waals surface area contributed by atoms with E-state index in [9.17, 15) is 22.8 Å². The number of carbonyl (C=O) groups is 2. The molecular weight excluding hydrogens is 626 g/mol. The lowest BCUT2D eigenvalue weighted by atomic mass is 10.0. The van der Waals surface area contributed by atoms with E-state index in [0.29, 0.717) is 64.2 Å². The van der Waals surface area contributed by atoms with Crippen LogP contribution in [-0.2, 0) is 19.4 Å². The molecule has 3 aromatic carbocycles. The Hall–Kier alpha value is -5.11. The van der Waals surface area contributed by atoms with Crippen LogP contribution in [0.1, 0.15) is 49.9 Å². The predicted octanol–water partition coefficient (Wildman–Crippen LogP) is 4.82. The number of nitrogens with one attached hydrogen (secondary N) is 3. The summed E-state index contributed by atoms with van der Waals surface area (Å²) in [5.74, 6) is 0.558. The summed E-state index contributed by atoms with van der Waals surface area (Å²) in [5, 5.41) is 12.5. The van der Waals surface area contributed by atoms with Crippen LogP contribution in [0.2, 0.25) is 0 Å². The first-order valence-corrected chi connectivity index (χ1v) is 16.5. The van der Waals surface area contributed by atoms with Crippen LogP contribution in [0.15, 0.2) is 70.5 Å². The fourth-order valence-electron chi connectivity index (χ4n) is 5.75. The number of hydrogen-bond donors (Lipinski definition) is 3. The minimum absolute atomic E-state index is 0.0885. The van der Waals surface area contributed by atoms with Gasteiger partial charge in [-0.1, -0.05) is 12.1 Å². The van der Waals surface area contributed by atoms with Crippen LogP contribution in [0.5, 0.6) is 11.5 Å². The largest absolute Gasteiger partial charge is 0.493 e. The molecular formula is C33H37N5O8S. The lowest BCUT2D eigenvalue weighted by molar-refractivity contribution is -0.133. The van der Waals surface area contributed by atoms with E-state index in [-0.39, 0.29) is 16.4 Å². The number of nitrogens with zero attached hydrogens (tertiary/aromatic N) is 2. The number of rotatable bonds is 10. The van der Waals surface area contributed by atoms with Crippen molar-refractivity contribution in [3.8, 4) is 11.5 Å². The summed E-state index contributed by atoms with van der Waals surface area (Å²) in [6, 6.07) is 13.2. The van der Waals surface area contributed by atoms with Gasteiger partial charge in [-0.15, -0.1) is 0 Å². The van der Waals surface area contributed by atoms with Gasteiger partial charge in [0.25, 0.3) is 5.56 Å². The zero-order valence-electron chi connectivity index (χ0n) is 26.7. The van der Waals surface area contributed by atoms with E-state index >= 15 is 0 Å². The second kappa shape index (κ2) is 13.7. The fourth-order valence-corrected chi connectivity index (χ4v) is 7.04. The lowest BCUT2D eigenvalue weighted by Crippen LogP contribution is -2.38. The number of methoxy groups -OCH3 is 3. The number of aromatic nitrogens is 2. The zero-order chi connectivity index (χ0) is 33.9. The number of anilines is 2. The Morgan fingerprint density at radius 2 is 1.72 bits per heavy atom. The molecule has 1 aliphatic rings. The summed E-state index contributed by atoms with van der Waals surface area (Å²) in [6.07, 6.45) is 1.93. The van der Waals surface area contributed by atoms with Gasteiger partial charge in [-0.2, -0.15) is 5.10 Å². The van der Waals surface area contributed by atoms with E-state index in [0.717, 1.165) is 0 Å². The van der Waals surface area contributed by atoms with Gasteiger partial charge >= 0.3 is 6.09 Å². The van der Waals surface area contributed by atoms with Gasteiger partial charge in [0, 0.05) is 23.3 Å². The third kappa shape index (κ3) is 6.73. The Bertz CT molecular complexity index is 1980. The van der Waals surface area contributed by atoms with Crippen molar-refractivity contribution in [2.24, 2.45) is 0 Å². The highest BCUT2D eigenvalue weighted by Gasteiger charge is 2.38. The second-order valence-electron chi connectivity index (χ2n) is 11.3. The molecule has 1 aliphatic heterocycles. The Morgan fingerprint density at radius 3 is 2.43 bits per heavy atom. The topological polar surface area (TPSA) is 169 Å². The number of sulfone groups is 1. The predicted molar refractivity (Wildman–Crippen MR) is 177 cm³/mol. The van der Waals surface area contributed by atoms with E-state index in [1.807, 2.05) is 0 Å². The summed E-state index contributed by atoms with van der Waals surface area (Å²) in [6.45, 7) is 3.55. The molecule has 5 rings (SSSR count). The molecule has 2 heterocycles. The van der Waals surface area contributed by atoms with Gasteiger partial charge in [-0.25, -0.2) is 18.3 Å². The molecule has 0 radical (unpaired) electrons. The maximum atomic E-state index is 14.7. The summed E-state index contributed by atoms with van der Waals surface area (Å²) in [5.41, 5.74) is 1.41. The quantitative estimate of drug-likeness (QED) is 0.214. The Labute approximate surface area is 272 Å². The minimum atomic E-state index is -3.77. The average Bonchev–Trinajstić information content (AvgIpc) is 3.57.